The fraction of sp³-hybridized carbons (Fsp3) is 0.519. The van der Waals surface area contributed by atoms with Gasteiger partial charge in [-0.05, 0) is 70.9 Å². The lowest BCUT2D eigenvalue weighted by Crippen LogP contribution is -2.44. The number of fused-ring (bicyclic) bond motifs is 1. The molecule has 0 aliphatic carbocycles. The number of benzene rings is 1. The van der Waals surface area contributed by atoms with E-state index in [0.29, 0.717) is 24.2 Å². The van der Waals surface area contributed by atoms with E-state index in [-0.39, 0.29) is 23.7 Å². The van der Waals surface area contributed by atoms with Gasteiger partial charge in [-0.3, -0.25) is 0 Å². The van der Waals surface area contributed by atoms with E-state index in [9.17, 15) is 15.0 Å². The fourth-order valence-corrected chi connectivity index (χ4v) is 6.78. The zero-order valence-corrected chi connectivity index (χ0v) is 22.3. The zero-order chi connectivity index (χ0) is 24.7. The van der Waals surface area contributed by atoms with Crippen molar-refractivity contribution in [1.82, 2.24) is 0 Å². The number of aryl methyl sites for hydroxylation is 1. The lowest BCUT2D eigenvalue weighted by atomic mass is 9.80. The molecule has 1 atom stereocenters. The van der Waals surface area contributed by atoms with Crippen LogP contribution in [0.2, 0.25) is 0 Å². The second kappa shape index (κ2) is 9.59. The van der Waals surface area contributed by atoms with Gasteiger partial charge in [-0.2, -0.15) is 0 Å². The first-order valence-corrected chi connectivity index (χ1v) is 13.6. The molecule has 4 rings (SSSR count). The van der Waals surface area contributed by atoms with E-state index in [1.54, 1.807) is 0 Å². The van der Waals surface area contributed by atoms with Gasteiger partial charge in [0.15, 0.2) is 0 Å². The molecular weight excluding hydrogens is 466 g/mol. The van der Waals surface area contributed by atoms with Crippen LogP contribution in [0.5, 0.6) is 0 Å². The van der Waals surface area contributed by atoms with E-state index in [1.165, 1.54) is 28.7 Å². The van der Waals surface area contributed by atoms with Gasteiger partial charge in [0.25, 0.3) is 0 Å². The molecule has 34 heavy (non-hydrogen) atoms. The maximum atomic E-state index is 13.3. The number of esters is 1. The molecule has 3 heterocycles. The van der Waals surface area contributed by atoms with Gasteiger partial charge in [0.2, 0.25) is 0 Å². The van der Waals surface area contributed by atoms with Crippen molar-refractivity contribution in [3.63, 3.8) is 0 Å². The van der Waals surface area contributed by atoms with Crippen molar-refractivity contribution >= 4 is 34.8 Å². The predicted octanol–water partition coefficient (Wildman–Crippen LogP) is 6.34. The summed E-state index contributed by atoms with van der Waals surface area (Å²) >= 11 is 2.86. The molecule has 5 nitrogen and oxygen atoms in total. The second-order valence-corrected chi connectivity index (χ2v) is 12.7. The van der Waals surface area contributed by atoms with Crippen LogP contribution in [0, 0.1) is 5.92 Å². The highest BCUT2D eigenvalue weighted by molar-refractivity contribution is 8.04. The van der Waals surface area contributed by atoms with E-state index in [4.69, 9.17) is 4.74 Å². The number of aliphatic hydroxyl groups is 2. The largest absolute Gasteiger partial charge is 0.511 e. The molecular formula is C27H35NO4S2. The lowest BCUT2D eigenvalue weighted by Gasteiger charge is -2.40. The maximum absolute atomic E-state index is 13.3. The number of cyclic esters (lactones) is 1. The first-order valence-electron chi connectivity index (χ1n) is 11.9. The van der Waals surface area contributed by atoms with Crippen LogP contribution in [0.1, 0.15) is 69.0 Å². The van der Waals surface area contributed by atoms with Gasteiger partial charge < -0.3 is 20.3 Å². The Labute approximate surface area is 210 Å². The Hall–Kier alpha value is -1.96. The third-order valence-corrected chi connectivity index (χ3v) is 9.11. The number of aliphatic hydroxyl groups excluding tert-OH is 2. The topological polar surface area (TPSA) is 78.8 Å². The average molecular weight is 502 g/mol. The molecule has 0 bridgehead atoms. The number of carbonyl (C=O) groups excluding carboxylic acids is 1. The molecule has 1 aromatic carbocycles. The molecule has 1 unspecified atom stereocenters. The molecule has 2 aromatic rings. The van der Waals surface area contributed by atoms with Crippen LogP contribution in [0.15, 0.2) is 39.1 Å². The van der Waals surface area contributed by atoms with Gasteiger partial charge in [-0.1, -0.05) is 46.4 Å². The minimum atomic E-state index is -0.769. The van der Waals surface area contributed by atoms with Crippen LogP contribution >= 0.6 is 23.1 Å². The van der Waals surface area contributed by atoms with Gasteiger partial charge in [-0.15, -0.1) is 11.3 Å². The van der Waals surface area contributed by atoms with Crippen molar-refractivity contribution in [2.45, 2.75) is 82.8 Å². The third kappa shape index (κ3) is 4.88. The van der Waals surface area contributed by atoms with Gasteiger partial charge in [0, 0.05) is 28.4 Å². The summed E-state index contributed by atoms with van der Waals surface area (Å²) in [6, 6.07) is 6.36. The van der Waals surface area contributed by atoms with Crippen LogP contribution < -0.4 is 5.32 Å². The Morgan fingerprint density at radius 1 is 1.29 bits per heavy atom. The normalized spacial score (nSPS) is 20.5. The minimum absolute atomic E-state index is 0.0137. The van der Waals surface area contributed by atoms with Crippen LogP contribution in [0.3, 0.4) is 0 Å². The highest BCUT2D eigenvalue weighted by Gasteiger charge is 2.44. The van der Waals surface area contributed by atoms with Crippen molar-refractivity contribution in [3.8, 4) is 0 Å². The molecule has 0 fully saturated rings. The third-order valence-electron chi connectivity index (χ3n) is 7.00. The molecule has 3 N–H and O–H groups in total. The van der Waals surface area contributed by atoms with Crippen molar-refractivity contribution < 1.29 is 19.7 Å². The number of thiophene rings is 1. The molecule has 184 valence electrons. The van der Waals surface area contributed by atoms with Crippen molar-refractivity contribution in [3.05, 3.63) is 55.8 Å². The monoisotopic (exact) mass is 501 g/mol. The van der Waals surface area contributed by atoms with Gasteiger partial charge >= 0.3 is 5.97 Å². The van der Waals surface area contributed by atoms with E-state index >= 15 is 0 Å². The average Bonchev–Trinajstić information content (AvgIpc) is 3.41. The number of carbonyl (C=O) groups is 1. The summed E-state index contributed by atoms with van der Waals surface area (Å²) < 4.78 is 6.13. The molecule has 0 saturated heterocycles. The number of rotatable bonds is 7. The molecule has 2 aliphatic heterocycles. The Morgan fingerprint density at radius 3 is 2.71 bits per heavy atom. The van der Waals surface area contributed by atoms with E-state index in [1.807, 2.05) is 25.3 Å². The SMILES string of the molecule is CC(C)C1(CCc2ccsc2CO)CC(O)=C(Sc2cc3c(cc2C(C)(C)C)NCC3)C(=O)O1. The Kier molecular flexibility index (Phi) is 7.09. The fourth-order valence-electron chi connectivity index (χ4n) is 4.78. The number of anilines is 1. The number of thioether (sulfide) groups is 1. The minimum Gasteiger partial charge on any atom is -0.511 e. The molecule has 0 spiro atoms. The summed E-state index contributed by atoms with van der Waals surface area (Å²) in [7, 11) is 0. The lowest BCUT2D eigenvalue weighted by molar-refractivity contribution is -0.164. The number of ether oxygens (including phenoxy) is 1. The Bertz CT molecular complexity index is 1110. The van der Waals surface area contributed by atoms with Crippen LogP contribution in [0.4, 0.5) is 5.69 Å². The quantitative estimate of drug-likeness (QED) is 0.384. The van der Waals surface area contributed by atoms with Crippen molar-refractivity contribution in [1.29, 1.82) is 0 Å². The number of nitrogens with one attached hydrogen (secondary N) is 1. The summed E-state index contributed by atoms with van der Waals surface area (Å²) in [5.41, 5.74) is 3.75. The zero-order valence-electron chi connectivity index (χ0n) is 20.7. The summed E-state index contributed by atoms with van der Waals surface area (Å²) in [6.07, 6.45) is 2.54. The Morgan fingerprint density at radius 2 is 2.06 bits per heavy atom. The molecule has 0 radical (unpaired) electrons. The summed E-state index contributed by atoms with van der Waals surface area (Å²) in [5.74, 6) is -0.299. The number of hydrogen-bond acceptors (Lipinski definition) is 7. The smallest absolute Gasteiger partial charge is 0.349 e. The van der Waals surface area contributed by atoms with Crippen molar-refractivity contribution in [2.24, 2.45) is 5.92 Å². The van der Waals surface area contributed by atoms with Gasteiger partial charge in [-0.25, -0.2) is 4.79 Å². The summed E-state index contributed by atoms with van der Waals surface area (Å²) in [5, 5.41) is 26.1. The van der Waals surface area contributed by atoms with Crippen LogP contribution in [0.25, 0.3) is 0 Å². The molecule has 2 aliphatic rings. The Balaban J connectivity index is 1.62. The molecule has 0 saturated carbocycles. The van der Waals surface area contributed by atoms with Crippen LogP contribution in [-0.4, -0.2) is 28.3 Å². The molecule has 7 heteroatoms. The van der Waals surface area contributed by atoms with Crippen molar-refractivity contribution in [2.75, 3.05) is 11.9 Å². The van der Waals surface area contributed by atoms with Gasteiger partial charge in [0.05, 0.1) is 6.61 Å². The second-order valence-electron chi connectivity index (χ2n) is 10.6. The van der Waals surface area contributed by atoms with E-state index < -0.39 is 11.6 Å². The molecule has 0 amide bonds. The summed E-state index contributed by atoms with van der Waals surface area (Å²) in [6.45, 7) is 11.5. The highest BCUT2D eigenvalue weighted by atomic mass is 32.2. The number of hydrogen-bond donors (Lipinski definition) is 3. The summed E-state index contributed by atoms with van der Waals surface area (Å²) in [4.78, 5) is 15.5. The van der Waals surface area contributed by atoms with Crippen LogP contribution in [-0.2, 0) is 34.4 Å². The predicted molar refractivity (Wildman–Crippen MR) is 140 cm³/mol. The highest BCUT2D eigenvalue weighted by Crippen LogP contribution is 2.46. The van der Waals surface area contributed by atoms with Gasteiger partial charge in [0.1, 0.15) is 16.3 Å². The first-order chi connectivity index (χ1) is 16.0. The standard InChI is InChI=1S/C27H35NO4S2/c1-16(2)27(9-6-17-8-11-33-23(17)15-29)14-21(30)24(25(31)32-27)34-22-12-18-7-10-28-20(18)13-19(22)26(3,4)5/h8,11-13,16,28-30H,6-7,9-10,14-15H2,1-5H3. The maximum Gasteiger partial charge on any atom is 0.349 e. The first kappa shape index (κ1) is 25.1. The van der Waals surface area contributed by atoms with E-state index in [2.05, 4.69) is 38.2 Å². The van der Waals surface area contributed by atoms with E-state index in [0.717, 1.165) is 39.6 Å². The molecule has 1 aromatic heterocycles.